The lowest BCUT2D eigenvalue weighted by Gasteiger charge is -2.26. The zero-order valence-electron chi connectivity index (χ0n) is 12.3. The molecular formula is C16H26N2OS. The normalized spacial score (nSPS) is 17.9. The zero-order valence-corrected chi connectivity index (χ0v) is 13.1. The molecule has 0 aromatic heterocycles. The van der Waals surface area contributed by atoms with Crippen LogP contribution in [0.5, 0.6) is 5.75 Å². The second-order valence-corrected chi connectivity index (χ2v) is 6.77. The van der Waals surface area contributed by atoms with Crippen molar-refractivity contribution in [2.45, 2.75) is 38.1 Å². The van der Waals surface area contributed by atoms with Gasteiger partial charge in [-0.05, 0) is 67.2 Å². The molecule has 1 heterocycles. The van der Waals surface area contributed by atoms with Crippen molar-refractivity contribution < 1.29 is 4.74 Å². The summed E-state index contributed by atoms with van der Waals surface area (Å²) in [6.45, 7) is 0. The van der Waals surface area contributed by atoms with Gasteiger partial charge in [-0.2, -0.15) is 11.8 Å². The van der Waals surface area contributed by atoms with E-state index in [1.54, 1.807) is 7.11 Å². The molecule has 2 rings (SSSR count). The Morgan fingerprint density at radius 1 is 1.30 bits per heavy atom. The summed E-state index contributed by atoms with van der Waals surface area (Å²) in [6, 6.07) is 8.77. The van der Waals surface area contributed by atoms with Gasteiger partial charge in [0.05, 0.1) is 7.11 Å². The van der Waals surface area contributed by atoms with Crippen molar-refractivity contribution in [3.63, 3.8) is 0 Å². The van der Waals surface area contributed by atoms with Crippen LogP contribution < -0.4 is 16.0 Å². The fraction of sp³-hybridized carbons (Fsp3) is 0.625. The maximum absolute atomic E-state index is 5.72. The smallest absolute Gasteiger partial charge is 0.118 e. The van der Waals surface area contributed by atoms with Crippen molar-refractivity contribution in [1.82, 2.24) is 5.43 Å². The van der Waals surface area contributed by atoms with Crippen molar-refractivity contribution >= 4 is 11.8 Å². The molecule has 0 saturated carbocycles. The Labute approximate surface area is 126 Å². The van der Waals surface area contributed by atoms with Crippen molar-refractivity contribution in [2.75, 3.05) is 18.6 Å². The number of benzene rings is 1. The van der Waals surface area contributed by atoms with Gasteiger partial charge in [-0.15, -0.1) is 0 Å². The van der Waals surface area contributed by atoms with Gasteiger partial charge in [0.1, 0.15) is 5.75 Å². The topological polar surface area (TPSA) is 47.3 Å². The van der Waals surface area contributed by atoms with Crippen LogP contribution in [0.25, 0.3) is 0 Å². The first-order chi connectivity index (χ1) is 9.81. The number of nitrogens with one attached hydrogen (secondary N) is 1. The Morgan fingerprint density at radius 3 is 2.60 bits per heavy atom. The highest BCUT2D eigenvalue weighted by atomic mass is 32.2. The molecule has 3 N–H and O–H groups in total. The quantitative estimate of drug-likeness (QED) is 0.599. The summed E-state index contributed by atoms with van der Waals surface area (Å²) in [5, 5.41) is 0. The molecule has 1 aromatic carbocycles. The SMILES string of the molecule is COc1ccc(CCC(CC2CCSCC2)NN)cc1. The fourth-order valence-corrected chi connectivity index (χ4v) is 3.99. The summed E-state index contributed by atoms with van der Waals surface area (Å²) in [6.07, 6.45) is 6.09. The molecule has 1 atom stereocenters. The van der Waals surface area contributed by atoms with Gasteiger partial charge in [0.2, 0.25) is 0 Å². The number of hydrogen-bond acceptors (Lipinski definition) is 4. The minimum Gasteiger partial charge on any atom is -0.497 e. The van der Waals surface area contributed by atoms with Crippen LogP contribution in [0.4, 0.5) is 0 Å². The maximum Gasteiger partial charge on any atom is 0.118 e. The van der Waals surface area contributed by atoms with E-state index in [1.807, 2.05) is 12.1 Å². The number of nitrogens with two attached hydrogens (primary N) is 1. The molecular weight excluding hydrogens is 268 g/mol. The van der Waals surface area contributed by atoms with Crippen LogP contribution in [-0.2, 0) is 6.42 Å². The van der Waals surface area contributed by atoms with E-state index >= 15 is 0 Å². The van der Waals surface area contributed by atoms with Crippen LogP contribution in [0.1, 0.15) is 31.2 Å². The molecule has 1 unspecified atom stereocenters. The molecule has 0 spiro atoms. The van der Waals surface area contributed by atoms with Gasteiger partial charge in [-0.25, -0.2) is 0 Å². The average Bonchev–Trinajstić information content (AvgIpc) is 2.53. The highest BCUT2D eigenvalue weighted by molar-refractivity contribution is 7.99. The van der Waals surface area contributed by atoms with Crippen LogP contribution >= 0.6 is 11.8 Å². The molecule has 1 aromatic rings. The molecule has 0 aliphatic carbocycles. The van der Waals surface area contributed by atoms with Gasteiger partial charge in [-0.3, -0.25) is 11.3 Å². The first-order valence-corrected chi connectivity index (χ1v) is 8.64. The molecule has 1 aliphatic heterocycles. The number of hydrogen-bond donors (Lipinski definition) is 2. The van der Waals surface area contributed by atoms with E-state index in [9.17, 15) is 0 Å². The third-order valence-corrected chi connectivity index (χ3v) is 5.18. The van der Waals surface area contributed by atoms with Crippen molar-refractivity contribution in [3.8, 4) is 5.75 Å². The summed E-state index contributed by atoms with van der Waals surface area (Å²) in [5.41, 5.74) is 4.36. The molecule has 0 radical (unpaired) electrons. The fourth-order valence-electron chi connectivity index (χ4n) is 2.79. The maximum atomic E-state index is 5.72. The van der Waals surface area contributed by atoms with E-state index in [0.717, 1.165) is 24.5 Å². The van der Waals surface area contributed by atoms with Crippen molar-refractivity contribution in [1.29, 1.82) is 0 Å². The second kappa shape index (κ2) is 8.55. The molecule has 3 nitrogen and oxygen atoms in total. The van der Waals surface area contributed by atoms with E-state index < -0.39 is 0 Å². The van der Waals surface area contributed by atoms with E-state index in [4.69, 9.17) is 10.6 Å². The number of aryl methyl sites for hydroxylation is 1. The van der Waals surface area contributed by atoms with Crippen LogP contribution in [-0.4, -0.2) is 24.7 Å². The summed E-state index contributed by atoms with van der Waals surface area (Å²) < 4.78 is 5.18. The molecule has 0 amide bonds. The first kappa shape index (κ1) is 15.7. The predicted molar refractivity (Wildman–Crippen MR) is 87.1 cm³/mol. The predicted octanol–water partition coefficient (Wildman–Crippen LogP) is 2.99. The number of ether oxygens (including phenoxy) is 1. The Hall–Kier alpha value is -0.710. The van der Waals surface area contributed by atoms with E-state index in [0.29, 0.717) is 6.04 Å². The highest BCUT2D eigenvalue weighted by Gasteiger charge is 2.18. The second-order valence-electron chi connectivity index (χ2n) is 5.54. The molecule has 112 valence electrons. The Morgan fingerprint density at radius 2 is 2.00 bits per heavy atom. The lowest BCUT2D eigenvalue weighted by Crippen LogP contribution is -2.37. The van der Waals surface area contributed by atoms with Crippen LogP contribution in [0, 0.1) is 5.92 Å². The van der Waals surface area contributed by atoms with Gasteiger partial charge >= 0.3 is 0 Å². The van der Waals surface area contributed by atoms with Crippen LogP contribution in [0.15, 0.2) is 24.3 Å². The summed E-state index contributed by atoms with van der Waals surface area (Å²) >= 11 is 2.08. The zero-order chi connectivity index (χ0) is 14.2. The number of methoxy groups -OCH3 is 1. The standard InChI is InChI=1S/C16H26N2OS/c1-19-16-6-3-13(4-7-16)2-5-15(18-17)12-14-8-10-20-11-9-14/h3-4,6-7,14-15,18H,2,5,8-12,17H2,1H3. The van der Waals surface area contributed by atoms with Gasteiger partial charge in [0, 0.05) is 6.04 Å². The Balaban J connectivity index is 1.77. The molecule has 1 aliphatic rings. The third kappa shape index (κ3) is 5.00. The van der Waals surface area contributed by atoms with E-state index in [-0.39, 0.29) is 0 Å². The number of rotatable bonds is 7. The summed E-state index contributed by atoms with van der Waals surface area (Å²) in [7, 11) is 1.70. The van der Waals surface area contributed by atoms with Gasteiger partial charge in [-0.1, -0.05) is 12.1 Å². The monoisotopic (exact) mass is 294 g/mol. The van der Waals surface area contributed by atoms with Crippen LogP contribution in [0.2, 0.25) is 0 Å². The Bertz CT molecular complexity index is 377. The lowest BCUT2D eigenvalue weighted by atomic mass is 9.91. The average molecular weight is 294 g/mol. The van der Waals surface area contributed by atoms with Crippen molar-refractivity contribution in [3.05, 3.63) is 29.8 Å². The molecule has 1 fully saturated rings. The minimum absolute atomic E-state index is 0.435. The third-order valence-electron chi connectivity index (χ3n) is 4.13. The van der Waals surface area contributed by atoms with Gasteiger partial charge in [0.25, 0.3) is 0 Å². The molecule has 20 heavy (non-hydrogen) atoms. The molecule has 1 saturated heterocycles. The molecule has 4 heteroatoms. The highest BCUT2D eigenvalue weighted by Crippen LogP contribution is 2.27. The minimum atomic E-state index is 0.435. The summed E-state index contributed by atoms with van der Waals surface area (Å²) in [4.78, 5) is 0. The molecule has 0 bridgehead atoms. The van der Waals surface area contributed by atoms with Gasteiger partial charge < -0.3 is 4.74 Å². The van der Waals surface area contributed by atoms with Crippen molar-refractivity contribution in [2.24, 2.45) is 11.8 Å². The van der Waals surface area contributed by atoms with Gasteiger partial charge in [0.15, 0.2) is 0 Å². The number of hydrazine groups is 1. The first-order valence-electron chi connectivity index (χ1n) is 7.48. The van der Waals surface area contributed by atoms with Crippen LogP contribution in [0.3, 0.4) is 0 Å². The van der Waals surface area contributed by atoms with E-state index in [1.165, 1.54) is 36.3 Å². The summed E-state index contributed by atoms with van der Waals surface area (Å²) in [5.74, 6) is 10.1. The lowest BCUT2D eigenvalue weighted by molar-refractivity contribution is 0.354. The largest absolute Gasteiger partial charge is 0.497 e. The number of thioether (sulfide) groups is 1. The Kier molecular flexibility index (Phi) is 6.70. The van der Waals surface area contributed by atoms with E-state index in [2.05, 4.69) is 29.3 Å².